The van der Waals surface area contributed by atoms with Crippen LogP contribution in [-0.4, -0.2) is 47.4 Å². The van der Waals surface area contributed by atoms with Crippen molar-refractivity contribution in [3.8, 4) is 10.6 Å². The SMILES string of the molecule is CN1CCN(C(=O)c2csc(-c3ccc(Cl)cc3)n2)[C@@H](c2ccccc2)C1. The number of piperazine rings is 1. The molecule has 138 valence electrons. The Bertz CT molecular complexity index is 926. The Hall–Kier alpha value is -2.21. The number of rotatable bonds is 3. The number of nitrogens with zero attached hydrogens (tertiary/aromatic N) is 3. The maximum atomic E-state index is 13.2. The van der Waals surface area contributed by atoms with Crippen molar-refractivity contribution >= 4 is 28.8 Å². The number of likely N-dealkylation sites (N-methyl/N-ethyl adjacent to an activating group) is 1. The first-order valence-electron chi connectivity index (χ1n) is 8.88. The third kappa shape index (κ3) is 3.90. The number of carbonyl (C=O) groups is 1. The van der Waals surface area contributed by atoms with E-state index in [1.54, 1.807) is 0 Å². The molecule has 27 heavy (non-hydrogen) atoms. The van der Waals surface area contributed by atoms with Crippen LogP contribution in [0.15, 0.2) is 60.0 Å². The Morgan fingerprint density at radius 2 is 1.85 bits per heavy atom. The fraction of sp³-hybridized carbons (Fsp3) is 0.238. The maximum absolute atomic E-state index is 13.2. The summed E-state index contributed by atoms with van der Waals surface area (Å²) in [5.74, 6) is -0.00610. The first-order valence-corrected chi connectivity index (χ1v) is 10.1. The van der Waals surface area contributed by atoms with Crippen LogP contribution in [0.4, 0.5) is 0 Å². The fourth-order valence-electron chi connectivity index (χ4n) is 3.37. The number of hydrogen-bond acceptors (Lipinski definition) is 4. The van der Waals surface area contributed by atoms with Gasteiger partial charge in [0.15, 0.2) is 0 Å². The number of thiazole rings is 1. The van der Waals surface area contributed by atoms with Gasteiger partial charge in [-0.3, -0.25) is 4.79 Å². The molecule has 0 bridgehead atoms. The number of carbonyl (C=O) groups excluding carboxylic acids is 1. The lowest BCUT2D eigenvalue weighted by Gasteiger charge is -2.40. The van der Waals surface area contributed by atoms with E-state index in [9.17, 15) is 4.79 Å². The van der Waals surface area contributed by atoms with Crippen LogP contribution in [0.5, 0.6) is 0 Å². The van der Waals surface area contributed by atoms with Crippen molar-refractivity contribution in [3.05, 3.63) is 76.3 Å². The van der Waals surface area contributed by atoms with E-state index in [-0.39, 0.29) is 11.9 Å². The molecule has 1 atom stereocenters. The van der Waals surface area contributed by atoms with Gasteiger partial charge in [0.1, 0.15) is 10.7 Å². The molecular formula is C21H20ClN3OS. The predicted molar refractivity (Wildman–Crippen MR) is 110 cm³/mol. The summed E-state index contributed by atoms with van der Waals surface area (Å²) < 4.78 is 0. The van der Waals surface area contributed by atoms with Crippen LogP contribution in [0.1, 0.15) is 22.1 Å². The summed E-state index contributed by atoms with van der Waals surface area (Å²) in [6.07, 6.45) is 0. The zero-order valence-electron chi connectivity index (χ0n) is 15.0. The molecule has 0 N–H and O–H groups in total. The third-order valence-corrected chi connectivity index (χ3v) is 5.99. The second kappa shape index (κ2) is 7.80. The van der Waals surface area contributed by atoms with Crippen molar-refractivity contribution in [3.63, 3.8) is 0 Å². The quantitative estimate of drug-likeness (QED) is 0.648. The summed E-state index contributed by atoms with van der Waals surface area (Å²) >= 11 is 7.45. The van der Waals surface area contributed by atoms with Gasteiger partial charge in [-0.25, -0.2) is 4.98 Å². The van der Waals surface area contributed by atoms with Gasteiger partial charge in [-0.2, -0.15) is 0 Å². The highest BCUT2D eigenvalue weighted by molar-refractivity contribution is 7.13. The molecule has 2 heterocycles. The molecule has 4 rings (SSSR count). The Kier molecular flexibility index (Phi) is 5.25. The van der Waals surface area contributed by atoms with Crippen LogP contribution >= 0.6 is 22.9 Å². The molecule has 0 radical (unpaired) electrons. The topological polar surface area (TPSA) is 36.4 Å². The van der Waals surface area contributed by atoms with E-state index in [0.717, 1.165) is 29.2 Å². The molecule has 1 aromatic heterocycles. The summed E-state index contributed by atoms with van der Waals surface area (Å²) in [6, 6.07) is 17.8. The zero-order chi connectivity index (χ0) is 18.8. The molecule has 6 heteroatoms. The number of amides is 1. The van der Waals surface area contributed by atoms with Gasteiger partial charge in [-0.15, -0.1) is 11.3 Å². The highest BCUT2D eigenvalue weighted by Crippen LogP contribution is 2.29. The largest absolute Gasteiger partial charge is 0.328 e. The third-order valence-electron chi connectivity index (χ3n) is 4.84. The molecule has 3 aromatic rings. The first kappa shape index (κ1) is 18.2. The van der Waals surface area contributed by atoms with E-state index >= 15 is 0 Å². The molecule has 0 saturated carbocycles. The summed E-state index contributed by atoms with van der Waals surface area (Å²) in [5, 5.41) is 3.38. The van der Waals surface area contributed by atoms with Crippen molar-refractivity contribution in [1.29, 1.82) is 0 Å². The smallest absolute Gasteiger partial charge is 0.273 e. The lowest BCUT2D eigenvalue weighted by molar-refractivity contribution is 0.0493. The van der Waals surface area contributed by atoms with E-state index in [1.807, 2.05) is 52.7 Å². The molecule has 0 unspecified atom stereocenters. The monoisotopic (exact) mass is 397 g/mol. The van der Waals surface area contributed by atoms with Crippen molar-refractivity contribution in [2.45, 2.75) is 6.04 Å². The van der Waals surface area contributed by atoms with E-state index in [4.69, 9.17) is 11.6 Å². The number of halogens is 1. The van der Waals surface area contributed by atoms with Gasteiger partial charge in [0.05, 0.1) is 6.04 Å². The van der Waals surface area contributed by atoms with Crippen molar-refractivity contribution in [2.75, 3.05) is 26.7 Å². The summed E-state index contributed by atoms with van der Waals surface area (Å²) in [5.41, 5.74) is 2.64. The Balaban J connectivity index is 1.60. The minimum atomic E-state index is -0.00610. The van der Waals surface area contributed by atoms with Crippen LogP contribution in [0.2, 0.25) is 5.02 Å². The average Bonchev–Trinajstić information content (AvgIpc) is 3.19. The first-order chi connectivity index (χ1) is 13.1. The van der Waals surface area contributed by atoms with Crippen LogP contribution < -0.4 is 0 Å². The van der Waals surface area contributed by atoms with Crippen LogP contribution in [0, 0.1) is 0 Å². The number of aromatic nitrogens is 1. The van der Waals surface area contributed by atoms with E-state index in [1.165, 1.54) is 11.3 Å². The highest BCUT2D eigenvalue weighted by Gasteiger charge is 2.31. The van der Waals surface area contributed by atoms with Gasteiger partial charge in [-0.1, -0.05) is 54.1 Å². The molecule has 0 aliphatic carbocycles. The standard InChI is InChI=1S/C21H20ClN3OS/c1-24-11-12-25(19(13-24)15-5-3-2-4-6-15)21(26)18-14-27-20(23-18)16-7-9-17(22)10-8-16/h2-10,14,19H,11-13H2,1H3/t19-/m1/s1. The van der Waals surface area contributed by atoms with E-state index < -0.39 is 0 Å². The average molecular weight is 398 g/mol. The molecule has 2 aromatic carbocycles. The highest BCUT2D eigenvalue weighted by atomic mass is 35.5. The lowest BCUT2D eigenvalue weighted by atomic mass is 10.0. The van der Waals surface area contributed by atoms with Crippen molar-refractivity contribution in [1.82, 2.24) is 14.8 Å². The van der Waals surface area contributed by atoms with Crippen LogP contribution in [0.25, 0.3) is 10.6 Å². The Labute approximate surface area is 168 Å². The Morgan fingerprint density at radius 1 is 1.11 bits per heavy atom. The lowest BCUT2D eigenvalue weighted by Crippen LogP contribution is -2.49. The van der Waals surface area contributed by atoms with Gasteiger partial charge < -0.3 is 9.80 Å². The maximum Gasteiger partial charge on any atom is 0.273 e. The number of hydrogen-bond donors (Lipinski definition) is 0. The Morgan fingerprint density at radius 3 is 2.59 bits per heavy atom. The minimum absolute atomic E-state index is 0.00610. The summed E-state index contributed by atoms with van der Waals surface area (Å²) in [4.78, 5) is 22.0. The predicted octanol–water partition coefficient (Wildman–Crippen LogP) is 4.59. The van der Waals surface area contributed by atoms with Gasteiger partial charge in [-0.05, 0) is 24.7 Å². The van der Waals surface area contributed by atoms with Crippen molar-refractivity contribution in [2.24, 2.45) is 0 Å². The van der Waals surface area contributed by atoms with Crippen LogP contribution in [0.3, 0.4) is 0 Å². The normalized spacial score (nSPS) is 17.9. The molecular weight excluding hydrogens is 378 g/mol. The molecule has 1 aliphatic rings. The number of benzene rings is 2. The molecule has 1 saturated heterocycles. The van der Waals surface area contributed by atoms with Gasteiger partial charge in [0.25, 0.3) is 5.91 Å². The molecule has 4 nitrogen and oxygen atoms in total. The van der Waals surface area contributed by atoms with Gasteiger partial charge >= 0.3 is 0 Å². The summed E-state index contributed by atoms with van der Waals surface area (Å²) in [7, 11) is 2.10. The second-order valence-electron chi connectivity index (χ2n) is 6.73. The van der Waals surface area contributed by atoms with E-state index in [0.29, 0.717) is 17.3 Å². The van der Waals surface area contributed by atoms with Gasteiger partial charge in [0, 0.05) is 35.6 Å². The molecule has 1 amide bonds. The second-order valence-corrected chi connectivity index (χ2v) is 8.03. The van der Waals surface area contributed by atoms with Gasteiger partial charge in [0.2, 0.25) is 0 Å². The minimum Gasteiger partial charge on any atom is -0.328 e. The fourth-order valence-corrected chi connectivity index (χ4v) is 4.29. The molecule has 1 fully saturated rings. The summed E-state index contributed by atoms with van der Waals surface area (Å²) in [6.45, 7) is 2.38. The molecule has 1 aliphatic heterocycles. The van der Waals surface area contributed by atoms with E-state index in [2.05, 4.69) is 29.1 Å². The zero-order valence-corrected chi connectivity index (χ0v) is 16.6. The van der Waals surface area contributed by atoms with Crippen LogP contribution in [-0.2, 0) is 0 Å². The van der Waals surface area contributed by atoms with Crippen molar-refractivity contribution < 1.29 is 4.79 Å². The molecule has 0 spiro atoms.